The van der Waals surface area contributed by atoms with E-state index in [0.717, 1.165) is 30.4 Å². The average molecular weight is 512 g/mol. The maximum absolute atomic E-state index is 11.6. The first-order valence-corrected chi connectivity index (χ1v) is 11.5. The van der Waals surface area contributed by atoms with Crippen molar-refractivity contribution in [1.82, 2.24) is 9.80 Å². The van der Waals surface area contributed by atoms with Gasteiger partial charge in [-0.1, -0.05) is 22.6 Å². The molecule has 7 nitrogen and oxygen atoms in total. The molecular weight excluding hydrogens is 475 g/mol. The van der Waals surface area contributed by atoms with Crippen LogP contribution in [0.25, 0.3) is 0 Å². The highest BCUT2D eigenvalue weighted by Gasteiger charge is 2.30. The Morgan fingerprint density at radius 2 is 1.29 bits per heavy atom. The van der Waals surface area contributed by atoms with Crippen LogP contribution in [0.2, 0.25) is 0 Å². The highest BCUT2D eigenvalue weighted by Crippen LogP contribution is 2.21. The van der Waals surface area contributed by atoms with Crippen molar-refractivity contribution in [2.45, 2.75) is 65.6 Å². The molecule has 2 rings (SSSR count). The molecule has 0 aliphatic carbocycles. The molecular formula is C20H37IN2O5. The summed E-state index contributed by atoms with van der Waals surface area (Å²) >= 11 is 2.37. The van der Waals surface area contributed by atoms with Crippen molar-refractivity contribution in [2.24, 2.45) is 11.8 Å². The summed E-state index contributed by atoms with van der Waals surface area (Å²) in [6.07, 6.45) is 1.55. The Morgan fingerprint density at radius 1 is 0.893 bits per heavy atom. The lowest BCUT2D eigenvalue weighted by atomic mass is 10.1. The topological polar surface area (TPSA) is 79.3 Å². The maximum atomic E-state index is 11.6. The Labute approximate surface area is 183 Å². The fraction of sp³-hybridized carbons (Fsp3) is 0.900. The zero-order valence-corrected chi connectivity index (χ0v) is 20.3. The number of halogens is 1. The number of hydrogen-bond acceptors (Lipinski definition) is 5. The van der Waals surface area contributed by atoms with Crippen molar-refractivity contribution in [3.05, 3.63) is 0 Å². The van der Waals surface area contributed by atoms with Crippen molar-refractivity contribution in [3.63, 3.8) is 0 Å². The van der Waals surface area contributed by atoms with E-state index < -0.39 is 5.60 Å². The monoisotopic (exact) mass is 512 g/mol. The molecule has 0 bridgehead atoms. The first-order chi connectivity index (χ1) is 12.8. The highest BCUT2D eigenvalue weighted by atomic mass is 127. The van der Waals surface area contributed by atoms with Gasteiger partial charge in [-0.05, 0) is 60.3 Å². The van der Waals surface area contributed by atoms with E-state index >= 15 is 0 Å². The van der Waals surface area contributed by atoms with Gasteiger partial charge in [-0.25, -0.2) is 9.59 Å². The molecule has 2 atom stereocenters. The zero-order chi connectivity index (χ0) is 21.5. The van der Waals surface area contributed by atoms with E-state index in [9.17, 15) is 9.59 Å². The SMILES string of the molecule is CC(C)(C)OC(=O)N1CC[C@@H](CI)C1.CC(C)(C)OC(=O)N1CC[C@@H](CO)C1. The third-order valence-electron chi connectivity index (χ3n) is 4.35. The number of hydrogen-bond donors (Lipinski definition) is 1. The molecule has 0 unspecified atom stereocenters. The average Bonchev–Trinajstić information content (AvgIpc) is 3.21. The van der Waals surface area contributed by atoms with E-state index in [-0.39, 0.29) is 30.3 Å². The Morgan fingerprint density at radius 3 is 1.57 bits per heavy atom. The van der Waals surface area contributed by atoms with Crippen molar-refractivity contribution in [3.8, 4) is 0 Å². The minimum atomic E-state index is -0.436. The third kappa shape index (κ3) is 9.62. The lowest BCUT2D eigenvalue weighted by molar-refractivity contribution is 0.0275. The number of ether oxygens (including phenoxy) is 2. The fourth-order valence-corrected chi connectivity index (χ4v) is 3.64. The van der Waals surface area contributed by atoms with Gasteiger partial charge in [0.05, 0.1) is 0 Å². The Bertz CT molecular complexity index is 470. The van der Waals surface area contributed by atoms with Crippen LogP contribution in [0, 0.1) is 11.8 Å². The number of alkyl halides is 1. The van der Waals surface area contributed by atoms with Crippen LogP contribution in [0.4, 0.5) is 9.59 Å². The second-order valence-electron chi connectivity index (χ2n) is 9.50. The van der Waals surface area contributed by atoms with Crippen LogP contribution in [0.3, 0.4) is 0 Å². The van der Waals surface area contributed by atoms with Gasteiger partial charge in [0.15, 0.2) is 0 Å². The standard InChI is InChI=1S/C10H18INO2.C10H19NO3/c1-10(2,3)14-9(13)12-5-4-8(6-11)7-12;1-10(2,3)14-9(13)11-5-4-8(6-11)7-12/h8H,4-7H2,1-3H3;8,12H,4-7H2,1-3H3/t2*8-/m01/s1. The number of likely N-dealkylation sites (tertiary alicyclic amines) is 2. The van der Waals surface area contributed by atoms with Gasteiger partial charge in [0.2, 0.25) is 0 Å². The smallest absolute Gasteiger partial charge is 0.410 e. The molecule has 0 aromatic rings. The van der Waals surface area contributed by atoms with E-state index in [1.54, 1.807) is 4.90 Å². The second-order valence-corrected chi connectivity index (χ2v) is 10.4. The molecule has 2 amide bonds. The minimum Gasteiger partial charge on any atom is -0.444 e. The number of carbonyl (C=O) groups is 2. The molecule has 28 heavy (non-hydrogen) atoms. The first-order valence-electron chi connectivity index (χ1n) is 9.97. The molecule has 0 aromatic carbocycles. The van der Waals surface area contributed by atoms with E-state index in [1.165, 1.54) is 0 Å². The van der Waals surface area contributed by atoms with Gasteiger partial charge in [0.25, 0.3) is 0 Å². The van der Waals surface area contributed by atoms with Gasteiger partial charge in [0, 0.05) is 43.1 Å². The molecule has 0 radical (unpaired) electrons. The molecule has 2 fully saturated rings. The van der Waals surface area contributed by atoms with Crippen molar-refractivity contribution >= 4 is 34.8 Å². The van der Waals surface area contributed by atoms with Crippen LogP contribution in [-0.4, -0.2) is 75.5 Å². The van der Waals surface area contributed by atoms with Gasteiger partial charge < -0.3 is 24.4 Å². The van der Waals surface area contributed by atoms with Crippen LogP contribution >= 0.6 is 22.6 Å². The van der Waals surface area contributed by atoms with E-state index in [2.05, 4.69) is 22.6 Å². The third-order valence-corrected chi connectivity index (χ3v) is 5.60. The highest BCUT2D eigenvalue weighted by molar-refractivity contribution is 14.1. The summed E-state index contributed by atoms with van der Waals surface area (Å²) in [6.45, 7) is 14.4. The van der Waals surface area contributed by atoms with Crippen molar-refractivity contribution in [1.29, 1.82) is 0 Å². The molecule has 0 spiro atoms. The largest absolute Gasteiger partial charge is 0.444 e. The Balaban J connectivity index is 0.000000280. The summed E-state index contributed by atoms with van der Waals surface area (Å²) in [7, 11) is 0. The summed E-state index contributed by atoms with van der Waals surface area (Å²) in [4.78, 5) is 26.6. The number of aliphatic hydroxyl groups is 1. The van der Waals surface area contributed by atoms with Gasteiger partial charge in [0.1, 0.15) is 11.2 Å². The molecule has 164 valence electrons. The molecule has 1 N–H and O–H groups in total. The fourth-order valence-electron chi connectivity index (χ4n) is 2.92. The van der Waals surface area contributed by atoms with E-state index in [1.807, 2.05) is 46.4 Å². The van der Waals surface area contributed by atoms with Gasteiger partial charge in [-0.3, -0.25) is 0 Å². The van der Waals surface area contributed by atoms with Gasteiger partial charge >= 0.3 is 12.2 Å². The van der Waals surface area contributed by atoms with E-state index in [0.29, 0.717) is 19.0 Å². The second kappa shape index (κ2) is 10.8. The number of rotatable bonds is 2. The van der Waals surface area contributed by atoms with Crippen LogP contribution in [0.15, 0.2) is 0 Å². The predicted molar refractivity (Wildman–Crippen MR) is 118 cm³/mol. The lowest BCUT2D eigenvalue weighted by Gasteiger charge is -2.24. The first kappa shape index (κ1) is 25.3. The summed E-state index contributed by atoms with van der Waals surface area (Å²) < 4.78 is 11.6. The number of aliphatic hydroxyl groups excluding tert-OH is 1. The van der Waals surface area contributed by atoms with E-state index in [4.69, 9.17) is 14.6 Å². The normalized spacial score (nSPS) is 22.6. The van der Waals surface area contributed by atoms with Gasteiger partial charge in [-0.15, -0.1) is 0 Å². The number of carbonyl (C=O) groups excluding carboxylic acids is 2. The maximum Gasteiger partial charge on any atom is 0.410 e. The van der Waals surface area contributed by atoms with Gasteiger partial charge in [-0.2, -0.15) is 0 Å². The quantitative estimate of drug-likeness (QED) is 0.449. The molecule has 2 heterocycles. The van der Waals surface area contributed by atoms with Crippen molar-refractivity contribution in [2.75, 3.05) is 37.2 Å². The van der Waals surface area contributed by atoms with Crippen molar-refractivity contribution < 1.29 is 24.2 Å². The summed E-state index contributed by atoms with van der Waals surface area (Å²) in [5.74, 6) is 0.880. The Kier molecular flexibility index (Phi) is 9.79. The van der Waals surface area contributed by atoms with Crippen LogP contribution in [0.5, 0.6) is 0 Å². The summed E-state index contributed by atoms with van der Waals surface area (Å²) in [5.41, 5.74) is -0.812. The lowest BCUT2D eigenvalue weighted by Crippen LogP contribution is -2.35. The number of amides is 2. The number of nitrogens with zero attached hydrogens (tertiary/aromatic N) is 2. The van der Waals surface area contributed by atoms with Crippen LogP contribution in [0.1, 0.15) is 54.4 Å². The molecule has 2 saturated heterocycles. The molecule has 0 aromatic heterocycles. The zero-order valence-electron chi connectivity index (χ0n) is 18.2. The van der Waals surface area contributed by atoms with Crippen LogP contribution in [-0.2, 0) is 9.47 Å². The molecule has 2 aliphatic heterocycles. The summed E-state index contributed by atoms with van der Waals surface area (Å²) in [5, 5.41) is 8.92. The molecule has 0 saturated carbocycles. The summed E-state index contributed by atoms with van der Waals surface area (Å²) in [6, 6.07) is 0. The Hall–Kier alpha value is -0.770. The predicted octanol–water partition coefficient (Wildman–Crippen LogP) is 3.91. The molecule has 2 aliphatic rings. The minimum absolute atomic E-state index is 0.152. The van der Waals surface area contributed by atoms with Crippen LogP contribution < -0.4 is 0 Å². The molecule has 8 heteroatoms.